The molecule has 0 radical (unpaired) electrons. The van der Waals surface area contributed by atoms with Crippen molar-refractivity contribution in [3.05, 3.63) is 12.2 Å². The highest BCUT2D eigenvalue weighted by molar-refractivity contribution is 6.26. The number of esters is 1. The molecule has 5 heteroatoms. The first-order chi connectivity index (χ1) is 12.1. The standard InChI is InChI=1S/C20H35ClO4/c1-2-3-4-11-14-18(25-20(24)17-21)15-12-9-7-5-6-8-10-13-16-19(22)23/h9,12,18H,2-8,10-11,13-17H2,1H3,(H,22,23)/b12-9-/t18-/m1/s1. The molecule has 0 saturated carbocycles. The summed E-state index contributed by atoms with van der Waals surface area (Å²) in [5.41, 5.74) is 0. The largest absolute Gasteiger partial charge is 0.481 e. The Hall–Kier alpha value is -1.03. The van der Waals surface area contributed by atoms with Crippen LogP contribution in [0.5, 0.6) is 0 Å². The molecule has 0 unspecified atom stereocenters. The molecule has 0 aromatic heterocycles. The Kier molecular flexibility index (Phi) is 17.0. The van der Waals surface area contributed by atoms with Crippen LogP contribution in [-0.4, -0.2) is 29.0 Å². The highest BCUT2D eigenvalue weighted by Crippen LogP contribution is 2.13. The molecule has 25 heavy (non-hydrogen) atoms. The molecule has 0 aromatic rings. The monoisotopic (exact) mass is 374 g/mol. The van der Waals surface area contributed by atoms with Gasteiger partial charge in [0.25, 0.3) is 0 Å². The molecule has 146 valence electrons. The van der Waals surface area contributed by atoms with Gasteiger partial charge in [0.2, 0.25) is 0 Å². The van der Waals surface area contributed by atoms with Crippen molar-refractivity contribution in [3.63, 3.8) is 0 Å². The van der Waals surface area contributed by atoms with Crippen LogP contribution in [-0.2, 0) is 14.3 Å². The second-order valence-corrected chi connectivity index (χ2v) is 6.77. The lowest BCUT2D eigenvalue weighted by molar-refractivity contribution is -0.146. The molecule has 0 aliphatic rings. The number of carbonyl (C=O) groups is 2. The Bertz CT molecular complexity index is 369. The first-order valence-electron chi connectivity index (χ1n) is 9.72. The van der Waals surface area contributed by atoms with Crippen molar-refractivity contribution < 1.29 is 19.4 Å². The second kappa shape index (κ2) is 17.8. The molecule has 0 aliphatic carbocycles. The minimum absolute atomic E-state index is 0.0598. The molecule has 0 spiro atoms. The van der Waals surface area contributed by atoms with E-state index in [0.717, 1.165) is 57.8 Å². The van der Waals surface area contributed by atoms with E-state index in [1.807, 2.05) is 0 Å². The van der Waals surface area contributed by atoms with Gasteiger partial charge in [-0.05, 0) is 32.1 Å². The highest BCUT2D eigenvalue weighted by atomic mass is 35.5. The number of aliphatic carboxylic acids is 1. The molecular formula is C20H35ClO4. The number of alkyl halides is 1. The molecule has 1 atom stereocenters. The van der Waals surface area contributed by atoms with Crippen LogP contribution in [0, 0.1) is 0 Å². The van der Waals surface area contributed by atoms with E-state index < -0.39 is 5.97 Å². The molecule has 1 N–H and O–H groups in total. The van der Waals surface area contributed by atoms with Crippen molar-refractivity contribution >= 4 is 23.5 Å². The number of halogens is 1. The molecule has 0 heterocycles. The van der Waals surface area contributed by atoms with Crippen molar-refractivity contribution in [1.29, 1.82) is 0 Å². The smallest absolute Gasteiger partial charge is 0.321 e. The number of allylic oxidation sites excluding steroid dienone is 1. The third-order valence-electron chi connectivity index (χ3n) is 4.11. The number of rotatable bonds is 17. The summed E-state index contributed by atoms with van der Waals surface area (Å²) < 4.78 is 5.40. The van der Waals surface area contributed by atoms with Crippen molar-refractivity contribution in [3.8, 4) is 0 Å². The van der Waals surface area contributed by atoms with E-state index in [2.05, 4.69) is 19.1 Å². The Morgan fingerprint density at radius 1 is 1.00 bits per heavy atom. The van der Waals surface area contributed by atoms with Crippen LogP contribution in [0.1, 0.15) is 90.4 Å². The molecule has 4 nitrogen and oxygen atoms in total. The van der Waals surface area contributed by atoms with Gasteiger partial charge in [-0.3, -0.25) is 9.59 Å². The maximum atomic E-state index is 11.4. The first kappa shape index (κ1) is 24.0. The van der Waals surface area contributed by atoms with Gasteiger partial charge in [-0.1, -0.05) is 57.6 Å². The predicted molar refractivity (Wildman–Crippen MR) is 103 cm³/mol. The molecular weight excluding hydrogens is 340 g/mol. The fourth-order valence-electron chi connectivity index (χ4n) is 2.68. The molecule has 0 bridgehead atoms. The average molecular weight is 375 g/mol. The zero-order valence-corrected chi connectivity index (χ0v) is 16.4. The van der Waals surface area contributed by atoms with Gasteiger partial charge >= 0.3 is 11.9 Å². The fraction of sp³-hybridized carbons (Fsp3) is 0.800. The lowest BCUT2D eigenvalue weighted by Gasteiger charge is -2.15. The minimum Gasteiger partial charge on any atom is -0.481 e. The van der Waals surface area contributed by atoms with E-state index in [0.29, 0.717) is 0 Å². The van der Waals surface area contributed by atoms with Crippen molar-refractivity contribution in [2.24, 2.45) is 0 Å². The predicted octanol–water partition coefficient (Wildman–Crippen LogP) is 5.87. The lowest BCUT2D eigenvalue weighted by Crippen LogP contribution is -2.18. The van der Waals surface area contributed by atoms with Crippen molar-refractivity contribution in [2.45, 2.75) is 96.5 Å². The van der Waals surface area contributed by atoms with Crippen LogP contribution in [0.2, 0.25) is 0 Å². The third-order valence-corrected chi connectivity index (χ3v) is 4.33. The van der Waals surface area contributed by atoms with Gasteiger partial charge in [0.1, 0.15) is 12.0 Å². The number of carbonyl (C=O) groups excluding carboxylic acids is 1. The summed E-state index contributed by atoms with van der Waals surface area (Å²) in [5.74, 6) is -1.13. The topological polar surface area (TPSA) is 63.6 Å². The summed E-state index contributed by atoms with van der Waals surface area (Å²) in [6.45, 7) is 2.18. The van der Waals surface area contributed by atoms with Crippen LogP contribution >= 0.6 is 11.6 Å². The molecule has 0 fully saturated rings. The normalized spacial score (nSPS) is 12.4. The number of carboxylic acids is 1. The third kappa shape index (κ3) is 17.6. The van der Waals surface area contributed by atoms with Crippen molar-refractivity contribution in [1.82, 2.24) is 0 Å². The van der Waals surface area contributed by atoms with E-state index in [9.17, 15) is 9.59 Å². The summed E-state index contributed by atoms with van der Waals surface area (Å²) in [5, 5.41) is 8.56. The zero-order valence-electron chi connectivity index (χ0n) is 15.7. The van der Waals surface area contributed by atoms with Gasteiger partial charge in [0.05, 0.1) is 0 Å². The Labute approximate surface area is 158 Å². The first-order valence-corrected chi connectivity index (χ1v) is 10.3. The second-order valence-electron chi connectivity index (χ2n) is 6.50. The maximum absolute atomic E-state index is 11.4. The van der Waals surface area contributed by atoms with Gasteiger partial charge < -0.3 is 9.84 Å². The van der Waals surface area contributed by atoms with E-state index in [4.69, 9.17) is 21.4 Å². The number of unbranched alkanes of at least 4 members (excludes halogenated alkanes) is 8. The SMILES string of the molecule is CCCCCC[C@H](C/C=C\CCCCCCCC(=O)O)OC(=O)CCl. The summed E-state index contributed by atoms with van der Waals surface area (Å²) in [6.07, 6.45) is 16.9. The number of ether oxygens (including phenoxy) is 1. The summed E-state index contributed by atoms with van der Waals surface area (Å²) in [7, 11) is 0. The van der Waals surface area contributed by atoms with Gasteiger partial charge in [0.15, 0.2) is 0 Å². The summed E-state index contributed by atoms with van der Waals surface area (Å²) >= 11 is 5.53. The van der Waals surface area contributed by atoms with E-state index in [1.165, 1.54) is 19.3 Å². The lowest BCUT2D eigenvalue weighted by atomic mass is 10.1. The van der Waals surface area contributed by atoms with Crippen LogP contribution in [0.3, 0.4) is 0 Å². The number of hydrogen-bond acceptors (Lipinski definition) is 3. The number of carboxylic acid groups (broad SMARTS) is 1. The Morgan fingerprint density at radius 2 is 1.68 bits per heavy atom. The average Bonchev–Trinajstić information content (AvgIpc) is 2.59. The molecule has 0 amide bonds. The van der Waals surface area contributed by atoms with E-state index >= 15 is 0 Å². The maximum Gasteiger partial charge on any atom is 0.321 e. The minimum atomic E-state index is -0.706. The van der Waals surface area contributed by atoms with E-state index in [-0.39, 0.29) is 24.4 Å². The summed E-state index contributed by atoms with van der Waals surface area (Å²) in [4.78, 5) is 21.8. The molecule has 0 rings (SSSR count). The van der Waals surface area contributed by atoms with Crippen molar-refractivity contribution in [2.75, 3.05) is 5.88 Å². The van der Waals surface area contributed by atoms with Gasteiger partial charge in [-0.15, -0.1) is 11.6 Å². The van der Waals surface area contributed by atoms with Gasteiger partial charge in [0, 0.05) is 12.8 Å². The zero-order chi connectivity index (χ0) is 18.8. The molecule has 0 aromatic carbocycles. The Balaban J connectivity index is 3.80. The van der Waals surface area contributed by atoms with Crippen LogP contribution in [0.4, 0.5) is 0 Å². The van der Waals surface area contributed by atoms with Gasteiger partial charge in [-0.2, -0.15) is 0 Å². The molecule has 0 aliphatic heterocycles. The summed E-state index contributed by atoms with van der Waals surface area (Å²) in [6, 6.07) is 0. The fourth-order valence-corrected chi connectivity index (χ4v) is 2.74. The van der Waals surface area contributed by atoms with Gasteiger partial charge in [-0.25, -0.2) is 0 Å². The highest BCUT2D eigenvalue weighted by Gasteiger charge is 2.12. The Morgan fingerprint density at radius 3 is 2.36 bits per heavy atom. The quantitative estimate of drug-likeness (QED) is 0.150. The van der Waals surface area contributed by atoms with Crippen LogP contribution in [0.15, 0.2) is 12.2 Å². The van der Waals surface area contributed by atoms with E-state index in [1.54, 1.807) is 0 Å². The van der Waals surface area contributed by atoms with Crippen LogP contribution in [0.25, 0.3) is 0 Å². The number of hydrogen-bond donors (Lipinski definition) is 1. The van der Waals surface area contributed by atoms with Crippen LogP contribution < -0.4 is 0 Å². The molecule has 0 saturated heterocycles.